The SMILES string of the molecule is CNC(C)c1cnc(-c2ccc(Cl)c(Cl)c2)s1. The highest BCUT2D eigenvalue weighted by atomic mass is 35.5. The Hall–Kier alpha value is -0.610. The first-order valence-electron chi connectivity index (χ1n) is 5.20. The smallest absolute Gasteiger partial charge is 0.123 e. The number of hydrogen-bond donors (Lipinski definition) is 1. The lowest BCUT2D eigenvalue weighted by molar-refractivity contribution is 0.662. The third-order valence-corrected chi connectivity index (χ3v) is 4.52. The largest absolute Gasteiger partial charge is 0.312 e. The first kappa shape index (κ1) is 12.8. The van der Waals surface area contributed by atoms with Crippen LogP contribution in [-0.2, 0) is 0 Å². The van der Waals surface area contributed by atoms with Crippen molar-refractivity contribution in [2.24, 2.45) is 0 Å². The summed E-state index contributed by atoms with van der Waals surface area (Å²) in [7, 11) is 1.93. The van der Waals surface area contributed by atoms with Gasteiger partial charge in [0, 0.05) is 22.7 Å². The van der Waals surface area contributed by atoms with Gasteiger partial charge in [-0.05, 0) is 26.1 Å². The standard InChI is InChI=1S/C12H12Cl2N2S/c1-7(15-2)11-6-16-12(17-11)8-3-4-9(13)10(14)5-8/h3-7,15H,1-2H3. The number of hydrogen-bond acceptors (Lipinski definition) is 3. The van der Waals surface area contributed by atoms with Gasteiger partial charge in [0.25, 0.3) is 0 Å². The van der Waals surface area contributed by atoms with Crippen molar-refractivity contribution >= 4 is 34.5 Å². The molecule has 2 aromatic rings. The summed E-state index contributed by atoms with van der Waals surface area (Å²) in [6, 6.07) is 5.88. The van der Waals surface area contributed by atoms with Crippen LogP contribution in [0, 0.1) is 0 Å². The van der Waals surface area contributed by atoms with E-state index in [1.807, 2.05) is 25.4 Å². The van der Waals surface area contributed by atoms with Crippen molar-refractivity contribution in [2.75, 3.05) is 7.05 Å². The number of halogens is 2. The van der Waals surface area contributed by atoms with E-state index in [-0.39, 0.29) is 0 Å². The molecule has 5 heteroatoms. The number of benzene rings is 1. The van der Waals surface area contributed by atoms with E-state index < -0.39 is 0 Å². The Morgan fingerprint density at radius 1 is 1.29 bits per heavy atom. The first-order valence-corrected chi connectivity index (χ1v) is 6.77. The normalized spacial score (nSPS) is 12.7. The Morgan fingerprint density at radius 2 is 2.06 bits per heavy atom. The Balaban J connectivity index is 2.33. The maximum absolute atomic E-state index is 5.99. The minimum Gasteiger partial charge on any atom is -0.312 e. The van der Waals surface area contributed by atoms with E-state index in [2.05, 4.69) is 17.2 Å². The fraction of sp³-hybridized carbons (Fsp3) is 0.250. The fourth-order valence-corrected chi connectivity index (χ4v) is 2.66. The number of rotatable bonds is 3. The number of nitrogens with zero attached hydrogens (tertiary/aromatic N) is 1. The van der Waals surface area contributed by atoms with E-state index in [0.717, 1.165) is 10.6 Å². The molecule has 0 aliphatic carbocycles. The van der Waals surface area contributed by atoms with Gasteiger partial charge in [-0.2, -0.15) is 0 Å². The highest BCUT2D eigenvalue weighted by Gasteiger charge is 2.10. The van der Waals surface area contributed by atoms with Crippen molar-refractivity contribution in [3.63, 3.8) is 0 Å². The van der Waals surface area contributed by atoms with Crippen LogP contribution in [0.3, 0.4) is 0 Å². The Morgan fingerprint density at radius 3 is 2.71 bits per heavy atom. The number of aromatic nitrogens is 1. The molecule has 90 valence electrons. The van der Waals surface area contributed by atoms with E-state index >= 15 is 0 Å². The molecule has 1 heterocycles. The second-order valence-electron chi connectivity index (χ2n) is 3.71. The van der Waals surface area contributed by atoms with Gasteiger partial charge in [-0.25, -0.2) is 4.98 Å². The van der Waals surface area contributed by atoms with Crippen molar-refractivity contribution in [1.29, 1.82) is 0 Å². The summed E-state index contributed by atoms with van der Waals surface area (Å²) in [6.45, 7) is 2.10. The average molecular weight is 287 g/mol. The summed E-state index contributed by atoms with van der Waals surface area (Å²) in [6.07, 6.45) is 1.89. The molecule has 0 amide bonds. The van der Waals surface area contributed by atoms with Crippen LogP contribution in [-0.4, -0.2) is 12.0 Å². The van der Waals surface area contributed by atoms with E-state index in [9.17, 15) is 0 Å². The predicted octanol–water partition coefficient (Wildman–Crippen LogP) is 4.40. The Labute approximate surface area is 115 Å². The monoisotopic (exact) mass is 286 g/mol. The zero-order valence-corrected chi connectivity index (χ0v) is 11.8. The number of nitrogens with one attached hydrogen (secondary N) is 1. The summed E-state index contributed by atoms with van der Waals surface area (Å²) in [5.41, 5.74) is 0.999. The van der Waals surface area contributed by atoms with Gasteiger partial charge in [0.05, 0.1) is 10.0 Å². The van der Waals surface area contributed by atoms with Gasteiger partial charge >= 0.3 is 0 Å². The van der Waals surface area contributed by atoms with Gasteiger partial charge in [-0.15, -0.1) is 11.3 Å². The molecule has 0 aliphatic rings. The van der Waals surface area contributed by atoms with Crippen molar-refractivity contribution < 1.29 is 0 Å². The minimum atomic E-state index is 0.309. The van der Waals surface area contributed by atoms with Crippen LogP contribution in [0.5, 0.6) is 0 Å². The van der Waals surface area contributed by atoms with Gasteiger partial charge in [0.2, 0.25) is 0 Å². The van der Waals surface area contributed by atoms with Crippen LogP contribution in [0.25, 0.3) is 10.6 Å². The minimum absolute atomic E-state index is 0.309. The third-order valence-electron chi connectivity index (χ3n) is 2.55. The molecule has 0 saturated carbocycles. The molecule has 0 aliphatic heterocycles. The number of thiazole rings is 1. The molecular weight excluding hydrogens is 275 g/mol. The Kier molecular flexibility index (Phi) is 4.05. The van der Waals surface area contributed by atoms with Crippen molar-refractivity contribution in [1.82, 2.24) is 10.3 Å². The molecular formula is C12H12Cl2N2S. The zero-order chi connectivity index (χ0) is 12.4. The Bertz CT molecular complexity index is 525. The molecule has 1 aromatic carbocycles. The molecule has 2 nitrogen and oxygen atoms in total. The van der Waals surface area contributed by atoms with E-state index in [1.165, 1.54) is 4.88 Å². The lowest BCUT2D eigenvalue weighted by Crippen LogP contribution is -2.10. The molecule has 0 radical (unpaired) electrons. The molecule has 1 unspecified atom stereocenters. The molecule has 0 saturated heterocycles. The zero-order valence-electron chi connectivity index (χ0n) is 9.50. The van der Waals surface area contributed by atoms with Crippen LogP contribution in [0.4, 0.5) is 0 Å². The molecule has 0 fully saturated rings. The fourth-order valence-electron chi connectivity index (χ4n) is 1.39. The second-order valence-corrected chi connectivity index (χ2v) is 5.58. The molecule has 2 rings (SSSR count). The van der Waals surface area contributed by atoms with Gasteiger partial charge in [-0.3, -0.25) is 0 Å². The summed E-state index contributed by atoms with van der Waals surface area (Å²) in [4.78, 5) is 5.61. The van der Waals surface area contributed by atoms with E-state index in [0.29, 0.717) is 16.1 Å². The van der Waals surface area contributed by atoms with Gasteiger partial charge in [0.1, 0.15) is 5.01 Å². The summed E-state index contributed by atoms with van der Waals surface area (Å²) in [5.74, 6) is 0. The van der Waals surface area contributed by atoms with Crippen LogP contribution in [0.1, 0.15) is 17.8 Å². The van der Waals surface area contributed by atoms with Crippen molar-refractivity contribution in [2.45, 2.75) is 13.0 Å². The average Bonchev–Trinajstić information content (AvgIpc) is 2.81. The van der Waals surface area contributed by atoms with Gasteiger partial charge in [-0.1, -0.05) is 29.3 Å². The topological polar surface area (TPSA) is 24.9 Å². The van der Waals surface area contributed by atoms with E-state index in [4.69, 9.17) is 23.2 Å². The van der Waals surface area contributed by atoms with Gasteiger partial charge < -0.3 is 5.32 Å². The van der Waals surface area contributed by atoms with Crippen LogP contribution in [0.15, 0.2) is 24.4 Å². The van der Waals surface area contributed by atoms with Crippen molar-refractivity contribution in [3.05, 3.63) is 39.3 Å². The predicted molar refractivity (Wildman–Crippen MR) is 75.0 cm³/mol. The molecule has 17 heavy (non-hydrogen) atoms. The molecule has 1 atom stereocenters. The maximum atomic E-state index is 5.99. The van der Waals surface area contributed by atoms with Crippen molar-refractivity contribution in [3.8, 4) is 10.6 Å². The molecule has 0 spiro atoms. The van der Waals surface area contributed by atoms with Crippen LogP contribution in [0.2, 0.25) is 10.0 Å². The summed E-state index contributed by atoms with van der Waals surface area (Å²) < 4.78 is 0. The highest BCUT2D eigenvalue weighted by Crippen LogP contribution is 2.32. The van der Waals surface area contributed by atoms with Crippen LogP contribution >= 0.6 is 34.5 Å². The summed E-state index contributed by atoms with van der Waals surface area (Å²) >= 11 is 13.5. The quantitative estimate of drug-likeness (QED) is 0.905. The molecule has 0 bridgehead atoms. The maximum Gasteiger partial charge on any atom is 0.123 e. The molecule has 1 aromatic heterocycles. The van der Waals surface area contributed by atoms with Crippen LogP contribution < -0.4 is 5.32 Å². The summed E-state index contributed by atoms with van der Waals surface area (Å²) in [5, 5.41) is 5.27. The van der Waals surface area contributed by atoms with Gasteiger partial charge in [0.15, 0.2) is 0 Å². The lowest BCUT2D eigenvalue weighted by atomic mass is 10.2. The lowest BCUT2D eigenvalue weighted by Gasteiger charge is -2.04. The van der Waals surface area contributed by atoms with E-state index in [1.54, 1.807) is 17.4 Å². The highest BCUT2D eigenvalue weighted by molar-refractivity contribution is 7.15. The third kappa shape index (κ3) is 2.80. The second kappa shape index (κ2) is 5.36. The molecule has 1 N–H and O–H groups in total. The first-order chi connectivity index (χ1) is 8.11.